The fourth-order valence-electron chi connectivity index (χ4n) is 4.72. The minimum absolute atomic E-state index is 0.00177. The third-order valence-electron chi connectivity index (χ3n) is 6.77. The van der Waals surface area contributed by atoms with Gasteiger partial charge in [0.15, 0.2) is 34.9 Å². The minimum atomic E-state index is -4.23. The van der Waals surface area contributed by atoms with E-state index < -0.39 is 45.6 Å². The SMILES string of the molecule is Cc1nn(C)c2ncc(S(=O)(=O)N3CCS[C@H]3C(=O)O[C@@H](Cc3c(Cl)c[n+]([O-])cc3Cl)c3ccc(OC(F)F)c(O)c3)cc12. The summed E-state index contributed by atoms with van der Waals surface area (Å²) in [7, 11) is -2.54. The van der Waals surface area contributed by atoms with Crippen LogP contribution in [0.4, 0.5) is 8.78 Å². The van der Waals surface area contributed by atoms with Gasteiger partial charge in [0.2, 0.25) is 10.0 Å². The number of thioether (sulfide) groups is 1. The van der Waals surface area contributed by atoms with Crippen LogP contribution in [0.25, 0.3) is 11.0 Å². The van der Waals surface area contributed by atoms with Crippen molar-refractivity contribution in [1.82, 2.24) is 19.1 Å². The van der Waals surface area contributed by atoms with Crippen molar-refractivity contribution >= 4 is 62.0 Å². The number of hydrogen-bond acceptors (Lipinski definition) is 10. The van der Waals surface area contributed by atoms with Crippen molar-refractivity contribution in [1.29, 1.82) is 0 Å². The second kappa shape index (κ2) is 12.5. The molecule has 0 aliphatic carbocycles. The Morgan fingerprint density at radius 2 is 1.98 bits per heavy atom. The number of nitrogens with zero attached hydrogens (tertiary/aromatic N) is 5. The predicted molar refractivity (Wildman–Crippen MR) is 156 cm³/mol. The van der Waals surface area contributed by atoms with Gasteiger partial charge in [0, 0.05) is 42.9 Å². The number of halogens is 4. The van der Waals surface area contributed by atoms with E-state index in [-0.39, 0.29) is 44.8 Å². The molecule has 234 valence electrons. The first-order valence-electron chi connectivity index (χ1n) is 12.7. The second-order valence-electron chi connectivity index (χ2n) is 9.62. The van der Waals surface area contributed by atoms with Crippen molar-refractivity contribution in [3.63, 3.8) is 0 Å². The van der Waals surface area contributed by atoms with Gasteiger partial charge in [0.1, 0.15) is 21.0 Å². The van der Waals surface area contributed by atoms with Crippen LogP contribution in [-0.4, -0.2) is 62.8 Å². The molecule has 0 amide bonds. The quantitative estimate of drug-likeness (QED) is 0.154. The largest absolute Gasteiger partial charge is 0.619 e. The third kappa shape index (κ3) is 6.35. The van der Waals surface area contributed by atoms with Crippen LogP contribution >= 0.6 is 35.0 Å². The Morgan fingerprint density at radius 1 is 1.27 bits per heavy atom. The van der Waals surface area contributed by atoms with Crippen LogP contribution < -0.4 is 9.47 Å². The van der Waals surface area contributed by atoms with Crippen molar-refractivity contribution in [2.45, 2.75) is 36.3 Å². The van der Waals surface area contributed by atoms with E-state index in [0.717, 1.165) is 40.6 Å². The van der Waals surface area contributed by atoms with E-state index in [2.05, 4.69) is 14.8 Å². The molecule has 1 aliphatic heterocycles. The number of pyridine rings is 2. The molecule has 12 nitrogen and oxygen atoms in total. The number of esters is 1. The number of phenolic OH excluding ortho intramolecular Hbond substituents is 1. The summed E-state index contributed by atoms with van der Waals surface area (Å²) >= 11 is 13.5. The number of alkyl halides is 2. The van der Waals surface area contributed by atoms with E-state index in [9.17, 15) is 32.3 Å². The van der Waals surface area contributed by atoms with Crippen LogP contribution in [0.1, 0.15) is 22.9 Å². The van der Waals surface area contributed by atoms with Gasteiger partial charge in [0.25, 0.3) is 0 Å². The molecule has 4 heterocycles. The number of aromatic hydroxyl groups is 1. The number of ether oxygens (including phenoxy) is 2. The number of aryl methyl sites for hydroxylation is 2. The Kier molecular flexibility index (Phi) is 9.09. The average Bonchev–Trinajstić information content (AvgIpc) is 3.56. The Balaban J connectivity index is 1.46. The Hall–Kier alpha value is -3.44. The normalized spacial score (nSPS) is 16.5. The van der Waals surface area contributed by atoms with Crippen molar-refractivity contribution in [2.24, 2.45) is 7.05 Å². The number of carbonyl (C=O) groups is 1. The lowest BCUT2D eigenvalue weighted by molar-refractivity contribution is -0.605. The first-order chi connectivity index (χ1) is 20.8. The molecular formula is C26H23Cl2F2N5O7S2. The highest BCUT2D eigenvalue weighted by Gasteiger charge is 2.42. The molecule has 0 saturated carbocycles. The average molecular weight is 691 g/mol. The lowest BCUT2D eigenvalue weighted by Crippen LogP contribution is -2.40. The van der Waals surface area contributed by atoms with Gasteiger partial charge < -0.3 is 19.8 Å². The lowest BCUT2D eigenvalue weighted by atomic mass is 10.0. The van der Waals surface area contributed by atoms with Crippen molar-refractivity contribution in [2.75, 3.05) is 12.3 Å². The minimum Gasteiger partial charge on any atom is -0.619 e. The van der Waals surface area contributed by atoms with Crippen LogP contribution in [0.2, 0.25) is 10.0 Å². The molecule has 1 saturated heterocycles. The number of hydrogen-bond donors (Lipinski definition) is 1. The Labute approximate surface area is 263 Å². The van der Waals surface area contributed by atoms with Crippen molar-refractivity contribution < 1.29 is 41.3 Å². The standard InChI is InChI=1S/C26H23Cl2F2N5O7S2/c1-13-16-8-15(10-31-23(16)33(2)32-13)44(39,40)35-5-6-43-24(35)25(37)41-22(9-17-18(27)11-34(38)12-19(17)28)14-3-4-21(20(36)7-14)42-26(29)30/h3-4,7-8,10-12,22,24,26,36H,5-6,9H2,1-2H3/t22-,24-/m0/s1. The maximum Gasteiger partial charge on any atom is 0.387 e. The number of benzene rings is 1. The van der Waals surface area contributed by atoms with Crippen LogP contribution in [0, 0.1) is 12.1 Å². The van der Waals surface area contributed by atoms with E-state index in [4.69, 9.17) is 27.9 Å². The highest BCUT2D eigenvalue weighted by atomic mass is 35.5. The van der Waals surface area contributed by atoms with Gasteiger partial charge in [0.05, 0.1) is 5.69 Å². The summed E-state index contributed by atoms with van der Waals surface area (Å²) in [5.41, 5.74) is 1.41. The summed E-state index contributed by atoms with van der Waals surface area (Å²) in [6.07, 6.45) is 1.79. The smallest absolute Gasteiger partial charge is 0.387 e. The predicted octanol–water partition coefficient (Wildman–Crippen LogP) is 4.11. The van der Waals surface area contributed by atoms with Gasteiger partial charge in [-0.05, 0) is 30.7 Å². The van der Waals surface area contributed by atoms with Crippen LogP contribution in [-0.2, 0) is 33.0 Å². The molecule has 5 rings (SSSR count). The summed E-state index contributed by atoms with van der Waals surface area (Å²) in [5.74, 6) is -1.84. The first-order valence-corrected chi connectivity index (χ1v) is 16.0. The maximum absolute atomic E-state index is 13.7. The van der Waals surface area contributed by atoms with Crippen LogP contribution in [0.15, 0.2) is 47.8 Å². The number of aromatic nitrogens is 4. The molecule has 4 aromatic rings. The topological polar surface area (TPSA) is 151 Å². The zero-order valence-corrected chi connectivity index (χ0v) is 26.0. The number of carbonyl (C=O) groups excluding carboxylic acids is 1. The molecule has 1 N–H and O–H groups in total. The second-order valence-corrected chi connectivity index (χ2v) is 13.5. The molecule has 1 aliphatic rings. The number of sulfonamides is 1. The van der Waals surface area contributed by atoms with Crippen LogP contribution in [0.5, 0.6) is 11.5 Å². The van der Waals surface area contributed by atoms with Gasteiger partial charge in [-0.15, -0.1) is 11.8 Å². The van der Waals surface area contributed by atoms with Crippen molar-refractivity contribution in [3.8, 4) is 11.5 Å². The maximum atomic E-state index is 13.7. The Morgan fingerprint density at radius 3 is 2.64 bits per heavy atom. The van der Waals surface area contributed by atoms with Gasteiger partial charge in [-0.3, -0.25) is 4.68 Å². The lowest BCUT2D eigenvalue weighted by Gasteiger charge is -2.25. The van der Waals surface area contributed by atoms with E-state index in [0.29, 0.717) is 21.5 Å². The van der Waals surface area contributed by atoms with E-state index in [1.54, 1.807) is 14.0 Å². The highest BCUT2D eigenvalue weighted by Crippen LogP contribution is 2.38. The molecule has 1 fully saturated rings. The Bertz CT molecular complexity index is 1840. The molecule has 2 atom stereocenters. The summed E-state index contributed by atoms with van der Waals surface area (Å²) in [5, 5.41) is 25.5. The molecular weight excluding hydrogens is 667 g/mol. The van der Waals surface area contributed by atoms with E-state index in [1.165, 1.54) is 23.0 Å². The molecule has 18 heteroatoms. The summed E-state index contributed by atoms with van der Waals surface area (Å²) in [4.78, 5) is 17.7. The summed E-state index contributed by atoms with van der Waals surface area (Å²) in [6, 6.07) is 4.84. The zero-order valence-electron chi connectivity index (χ0n) is 22.9. The van der Waals surface area contributed by atoms with Gasteiger partial charge in [-0.1, -0.05) is 29.3 Å². The van der Waals surface area contributed by atoms with Crippen molar-refractivity contribution in [3.05, 3.63) is 74.9 Å². The number of rotatable bonds is 9. The van der Waals surface area contributed by atoms with Gasteiger partial charge in [-0.2, -0.15) is 22.9 Å². The number of phenols is 1. The van der Waals surface area contributed by atoms with Gasteiger partial charge >= 0.3 is 12.6 Å². The molecule has 44 heavy (non-hydrogen) atoms. The fraction of sp³-hybridized carbons (Fsp3) is 0.308. The van der Waals surface area contributed by atoms with E-state index in [1.807, 2.05) is 0 Å². The zero-order chi connectivity index (χ0) is 31.9. The monoisotopic (exact) mass is 689 g/mol. The first kappa shape index (κ1) is 32.0. The molecule has 1 aromatic carbocycles. The third-order valence-corrected chi connectivity index (χ3v) is 10.6. The summed E-state index contributed by atoms with van der Waals surface area (Å²) in [6.45, 7) is -1.48. The summed E-state index contributed by atoms with van der Waals surface area (Å²) < 4.78 is 65.9. The fourth-order valence-corrected chi connectivity index (χ4v) is 8.34. The molecule has 3 aromatic heterocycles. The van der Waals surface area contributed by atoms with E-state index >= 15 is 0 Å². The highest BCUT2D eigenvalue weighted by molar-refractivity contribution is 8.02. The molecule has 0 bridgehead atoms. The molecule has 0 radical (unpaired) electrons. The molecule has 0 unspecified atom stereocenters. The number of fused-ring (bicyclic) bond motifs is 1. The molecule has 0 spiro atoms. The van der Waals surface area contributed by atoms with Gasteiger partial charge in [-0.25, -0.2) is 18.2 Å². The van der Waals surface area contributed by atoms with Crippen LogP contribution in [0.3, 0.4) is 0 Å².